The van der Waals surface area contributed by atoms with Gasteiger partial charge in [-0.2, -0.15) is 0 Å². The van der Waals surface area contributed by atoms with E-state index in [-0.39, 0.29) is 28.1 Å². The molecule has 2 aromatic rings. The number of carbonyl (C=O) groups excluding carboxylic acids is 1. The van der Waals surface area contributed by atoms with Crippen molar-refractivity contribution in [2.45, 2.75) is 11.8 Å². The first-order chi connectivity index (χ1) is 12.7. The van der Waals surface area contributed by atoms with Gasteiger partial charge in [-0.05, 0) is 30.7 Å². The van der Waals surface area contributed by atoms with E-state index in [0.29, 0.717) is 22.7 Å². The monoisotopic (exact) mass is 412 g/mol. The van der Waals surface area contributed by atoms with Crippen LogP contribution in [0.15, 0.2) is 35.2 Å². The molecule has 0 atom stereocenters. The van der Waals surface area contributed by atoms with Crippen molar-refractivity contribution in [3.05, 3.63) is 40.9 Å². The second-order valence-electron chi connectivity index (χ2n) is 5.81. The maximum Gasteiger partial charge on any atom is 0.243 e. The molecule has 0 unspecified atom stereocenters. The first-order valence-corrected chi connectivity index (χ1v) is 10.2. The minimum atomic E-state index is -3.57. The van der Waals surface area contributed by atoms with Gasteiger partial charge in [-0.3, -0.25) is 4.79 Å². The van der Waals surface area contributed by atoms with E-state index in [2.05, 4.69) is 10.6 Å². The minimum Gasteiger partial charge on any atom is -0.497 e. The zero-order valence-corrected chi connectivity index (χ0v) is 17.0. The molecular weight excluding hydrogens is 392 g/mol. The fourth-order valence-corrected chi connectivity index (χ4v) is 4.04. The number of benzene rings is 2. The number of aryl methyl sites for hydroxylation is 1. The van der Waals surface area contributed by atoms with Crippen molar-refractivity contribution in [1.82, 2.24) is 0 Å². The Morgan fingerprint density at radius 1 is 1.11 bits per heavy atom. The second-order valence-corrected chi connectivity index (χ2v) is 8.14. The van der Waals surface area contributed by atoms with Crippen LogP contribution in [0.25, 0.3) is 0 Å². The Morgan fingerprint density at radius 3 is 2.37 bits per heavy atom. The summed E-state index contributed by atoms with van der Waals surface area (Å²) in [6.45, 7) is 1.56. The van der Waals surface area contributed by atoms with Crippen LogP contribution < -0.4 is 20.1 Å². The third kappa shape index (κ3) is 5.05. The Labute approximate surface area is 163 Å². The van der Waals surface area contributed by atoms with Crippen molar-refractivity contribution in [3.63, 3.8) is 0 Å². The number of amides is 1. The van der Waals surface area contributed by atoms with Gasteiger partial charge in [-0.1, -0.05) is 17.7 Å². The molecule has 0 spiro atoms. The highest BCUT2D eigenvalue weighted by atomic mass is 35.5. The smallest absolute Gasteiger partial charge is 0.243 e. The van der Waals surface area contributed by atoms with Crippen LogP contribution in [-0.2, 0) is 14.6 Å². The summed E-state index contributed by atoms with van der Waals surface area (Å²) < 4.78 is 34.5. The topological polar surface area (TPSA) is 93.7 Å². The molecule has 2 aromatic carbocycles. The molecule has 146 valence electrons. The summed E-state index contributed by atoms with van der Waals surface area (Å²) in [4.78, 5) is 12.2. The molecule has 0 aliphatic heterocycles. The molecule has 9 heteroatoms. The van der Waals surface area contributed by atoms with E-state index in [4.69, 9.17) is 21.1 Å². The third-order valence-electron chi connectivity index (χ3n) is 3.78. The quantitative estimate of drug-likeness (QED) is 0.725. The van der Waals surface area contributed by atoms with E-state index in [1.54, 1.807) is 37.3 Å². The molecular formula is C18H21ClN2O5S. The molecule has 0 saturated carbocycles. The molecule has 0 saturated heterocycles. The number of rotatable bonds is 7. The van der Waals surface area contributed by atoms with E-state index in [1.165, 1.54) is 14.2 Å². The predicted octanol–water partition coefficient (Wildman–Crippen LogP) is 3.12. The standard InChI is InChI=1S/C18H21ClN2O5S/c1-11-5-7-14(18(17(11)19)27(4,23)24)20-10-16(22)21-13-8-6-12(25-2)9-15(13)26-3/h5-9,20H,10H2,1-4H3,(H,21,22). The fourth-order valence-electron chi connectivity index (χ4n) is 2.43. The Hall–Kier alpha value is -2.45. The van der Waals surface area contributed by atoms with Gasteiger partial charge in [0, 0.05) is 12.3 Å². The molecule has 0 aliphatic carbocycles. The predicted molar refractivity (Wildman–Crippen MR) is 106 cm³/mol. The van der Waals surface area contributed by atoms with Crippen LogP contribution in [0.4, 0.5) is 11.4 Å². The zero-order chi connectivity index (χ0) is 20.2. The normalized spacial score (nSPS) is 11.0. The van der Waals surface area contributed by atoms with Crippen molar-refractivity contribution in [3.8, 4) is 11.5 Å². The van der Waals surface area contributed by atoms with Gasteiger partial charge in [0.1, 0.15) is 16.4 Å². The lowest BCUT2D eigenvalue weighted by atomic mass is 10.2. The number of halogens is 1. The maximum absolute atomic E-state index is 12.3. The van der Waals surface area contributed by atoms with Gasteiger partial charge < -0.3 is 20.1 Å². The Bertz CT molecular complexity index is 960. The van der Waals surface area contributed by atoms with Crippen LogP contribution in [0.5, 0.6) is 11.5 Å². The highest BCUT2D eigenvalue weighted by Gasteiger charge is 2.20. The van der Waals surface area contributed by atoms with E-state index < -0.39 is 9.84 Å². The lowest BCUT2D eigenvalue weighted by Gasteiger charge is -2.15. The van der Waals surface area contributed by atoms with Crippen molar-refractivity contribution >= 4 is 38.7 Å². The molecule has 2 rings (SSSR count). The van der Waals surface area contributed by atoms with Crippen molar-refractivity contribution < 1.29 is 22.7 Å². The van der Waals surface area contributed by atoms with Crippen LogP contribution in [-0.4, -0.2) is 41.3 Å². The molecule has 0 aliphatic rings. The molecule has 1 amide bonds. The average molecular weight is 413 g/mol. The second kappa shape index (κ2) is 8.49. The molecule has 0 aromatic heterocycles. The maximum atomic E-state index is 12.3. The SMILES string of the molecule is COc1ccc(NC(=O)CNc2ccc(C)c(Cl)c2S(C)(=O)=O)c(OC)c1. The van der Waals surface area contributed by atoms with E-state index in [9.17, 15) is 13.2 Å². The summed E-state index contributed by atoms with van der Waals surface area (Å²) >= 11 is 6.15. The molecule has 0 radical (unpaired) electrons. The zero-order valence-electron chi connectivity index (χ0n) is 15.4. The number of anilines is 2. The summed E-state index contributed by atoms with van der Waals surface area (Å²) in [6, 6.07) is 8.25. The summed E-state index contributed by atoms with van der Waals surface area (Å²) in [5, 5.41) is 5.67. The van der Waals surface area contributed by atoms with E-state index >= 15 is 0 Å². The van der Waals surface area contributed by atoms with Crippen molar-refractivity contribution in [2.24, 2.45) is 0 Å². The Balaban J connectivity index is 2.17. The van der Waals surface area contributed by atoms with Crippen LogP contribution in [0.1, 0.15) is 5.56 Å². The third-order valence-corrected chi connectivity index (χ3v) is 5.55. The Kier molecular flexibility index (Phi) is 6.56. The van der Waals surface area contributed by atoms with Crippen LogP contribution >= 0.6 is 11.6 Å². The number of ether oxygens (including phenoxy) is 2. The minimum absolute atomic E-state index is 0.0287. The van der Waals surface area contributed by atoms with Gasteiger partial charge in [-0.25, -0.2) is 8.42 Å². The van der Waals surface area contributed by atoms with Gasteiger partial charge in [0.2, 0.25) is 5.91 Å². The average Bonchev–Trinajstić information content (AvgIpc) is 2.61. The number of hydrogen-bond acceptors (Lipinski definition) is 6. The number of hydrogen-bond donors (Lipinski definition) is 2. The highest BCUT2D eigenvalue weighted by Crippen LogP contribution is 2.32. The molecule has 0 heterocycles. The van der Waals surface area contributed by atoms with Gasteiger partial charge in [-0.15, -0.1) is 0 Å². The summed E-state index contributed by atoms with van der Waals surface area (Å²) in [5.41, 5.74) is 1.37. The summed E-state index contributed by atoms with van der Waals surface area (Å²) in [6.07, 6.45) is 1.07. The number of sulfone groups is 1. The molecule has 0 bridgehead atoms. The largest absolute Gasteiger partial charge is 0.497 e. The number of methoxy groups -OCH3 is 2. The lowest BCUT2D eigenvalue weighted by Crippen LogP contribution is -2.23. The first-order valence-electron chi connectivity index (χ1n) is 7.92. The van der Waals surface area contributed by atoms with E-state index in [0.717, 1.165) is 6.26 Å². The summed E-state index contributed by atoms with van der Waals surface area (Å²) in [5.74, 6) is 0.655. The molecule has 0 fully saturated rings. The Morgan fingerprint density at radius 2 is 1.78 bits per heavy atom. The lowest BCUT2D eigenvalue weighted by molar-refractivity contribution is -0.114. The summed E-state index contributed by atoms with van der Waals surface area (Å²) in [7, 11) is -0.560. The van der Waals surface area contributed by atoms with Gasteiger partial charge in [0.15, 0.2) is 9.84 Å². The van der Waals surface area contributed by atoms with Crippen molar-refractivity contribution in [2.75, 3.05) is 37.7 Å². The first kappa shape index (κ1) is 20.9. The number of carbonyl (C=O) groups is 1. The molecule has 2 N–H and O–H groups in total. The van der Waals surface area contributed by atoms with Gasteiger partial charge in [0.25, 0.3) is 0 Å². The van der Waals surface area contributed by atoms with Crippen molar-refractivity contribution in [1.29, 1.82) is 0 Å². The van der Waals surface area contributed by atoms with Crippen LogP contribution in [0, 0.1) is 6.92 Å². The number of nitrogens with one attached hydrogen (secondary N) is 2. The fraction of sp³-hybridized carbons (Fsp3) is 0.278. The molecule has 27 heavy (non-hydrogen) atoms. The van der Waals surface area contributed by atoms with Gasteiger partial charge >= 0.3 is 0 Å². The van der Waals surface area contributed by atoms with Crippen LogP contribution in [0.2, 0.25) is 5.02 Å². The van der Waals surface area contributed by atoms with Crippen LogP contribution in [0.3, 0.4) is 0 Å². The molecule has 7 nitrogen and oxygen atoms in total. The highest BCUT2D eigenvalue weighted by molar-refractivity contribution is 7.91. The van der Waals surface area contributed by atoms with Gasteiger partial charge in [0.05, 0.1) is 37.2 Å². The van der Waals surface area contributed by atoms with E-state index in [1.807, 2.05) is 0 Å².